The van der Waals surface area contributed by atoms with Crippen molar-refractivity contribution in [3.05, 3.63) is 35.9 Å². The van der Waals surface area contributed by atoms with Gasteiger partial charge in [-0.25, -0.2) is 8.42 Å². The largest absolute Gasteiger partial charge is 0.495 e. The third-order valence-corrected chi connectivity index (χ3v) is 6.54. The van der Waals surface area contributed by atoms with Gasteiger partial charge in [0.2, 0.25) is 0 Å². The Kier molecular flexibility index (Phi) is 7.17. The normalized spacial score (nSPS) is 17.0. The third-order valence-electron chi connectivity index (χ3n) is 5.14. The Labute approximate surface area is 190 Å². The maximum Gasteiger partial charge on any atom is 0.419 e. The van der Waals surface area contributed by atoms with E-state index < -0.39 is 33.6 Å². The molecule has 182 valence electrons. The Balaban J connectivity index is 1.98. The highest BCUT2D eigenvalue weighted by Crippen LogP contribution is 2.40. The monoisotopic (exact) mass is 490 g/mol. The predicted octanol–water partition coefficient (Wildman–Crippen LogP) is 3.61. The van der Waals surface area contributed by atoms with Gasteiger partial charge in [0.05, 0.1) is 32.6 Å². The highest BCUT2D eigenvalue weighted by atomic mass is 32.2. The van der Waals surface area contributed by atoms with Crippen molar-refractivity contribution in [3.63, 3.8) is 0 Å². The second-order valence-electron chi connectivity index (χ2n) is 7.46. The maximum absolute atomic E-state index is 13.5. The number of alkyl halides is 3. The number of hydrogen-bond donors (Lipinski definition) is 1. The number of benzene rings is 2. The van der Waals surface area contributed by atoms with Crippen LogP contribution < -0.4 is 23.7 Å². The average Bonchev–Trinajstić information content (AvgIpc) is 3.16. The molecule has 0 amide bonds. The molecule has 2 aromatic rings. The van der Waals surface area contributed by atoms with Crippen molar-refractivity contribution in [1.82, 2.24) is 4.90 Å². The van der Waals surface area contributed by atoms with Crippen LogP contribution in [0.25, 0.3) is 0 Å². The first-order chi connectivity index (χ1) is 15.5. The number of nitrogens with zero attached hydrogens (tertiary/aromatic N) is 1. The van der Waals surface area contributed by atoms with Gasteiger partial charge in [0.1, 0.15) is 22.5 Å². The van der Waals surface area contributed by atoms with Gasteiger partial charge < -0.3 is 23.8 Å². The van der Waals surface area contributed by atoms with E-state index in [9.17, 15) is 21.6 Å². The number of likely N-dealkylation sites (N-methyl/N-ethyl adjacent to an activating group) is 1. The van der Waals surface area contributed by atoms with E-state index >= 15 is 0 Å². The van der Waals surface area contributed by atoms with Gasteiger partial charge in [-0.2, -0.15) is 13.2 Å². The van der Waals surface area contributed by atoms with Gasteiger partial charge in [-0.05, 0) is 25.6 Å². The number of anilines is 1. The lowest BCUT2D eigenvalue weighted by Gasteiger charge is -2.20. The van der Waals surface area contributed by atoms with Crippen LogP contribution in [0.1, 0.15) is 12.0 Å². The summed E-state index contributed by atoms with van der Waals surface area (Å²) in [5.74, 6) is -0.0830. The van der Waals surface area contributed by atoms with E-state index in [2.05, 4.69) is 4.72 Å². The number of methoxy groups -OCH3 is 3. The molecule has 2 aromatic carbocycles. The van der Waals surface area contributed by atoms with Gasteiger partial charge in [0, 0.05) is 31.3 Å². The molecule has 33 heavy (non-hydrogen) atoms. The molecular weight excluding hydrogens is 465 g/mol. The topological polar surface area (TPSA) is 86.3 Å². The number of rotatable bonds is 8. The molecule has 1 atom stereocenters. The molecule has 0 aliphatic carbocycles. The van der Waals surface area contributed by atoms with Gasteiger partial charge in [-0.1, -0.05) is 0 Å². The van der Waals surface area contributed by atoms with E-state index in [-0.39, 0.29) is 27.8 Å². The summed E-state index contributed by atoms with van der Waals surface area (Å²) in [4.78, 5) is 1.66. The molecule has 3 rings (SSSR count). The standard InChI is InChI=1S/C21H25F3N2O6S/c1-26-8-7-14(12-26)32-16-9-13(5-6-15(16)21(22,23)24)25-33(27,28)20-11-18(30-3)17(29-2)10-19(20)31-4/h5-6,9-11,14,25H,7-8,12H2,1-4H3/t14-/m1/s1. The smallest absolute Gasteiger partial charge is 0.419 e. The highest BCUT2D eigenvalue weighted by molar-refractivity contribution is 7.92. The van der Waals surface area contributed by atoms with Gasteiger partial charge in [-0.15, -0.1) is 0 Å². The van der Waals surface area contributed by atoms with E-state index in [1.165, 1.54) is 33.5 Å². The van der Waals surface area contributed by atoms with E-state index in [1.807, 2.05) is 11.9 Å². The molecule has 1 heterocycles. The van der Waals surface area contributed by atoms with E-state index in [1.54, 1.807) is 0 Å². The minimum absolute atomic E-state index is 0.0301. The fraction of sp³-hybridized carbons (Fsp3) is 0.429. The first-order valence-corrected chi connectivity index (χ1v) is 11.4. The van der Waals surface area contributed by atoms with Crippen LogP contribution in [0.3, 0.4) is 0 Å². The summed E-state index contributed by atoms with van der Waals surface area (Å²) in [6.45, 7) is 1.16. The zero-order valence-electron chi connectivity index (χ0n) is 18.5. The maximum atomic E-state index is 13.5. The van der Waals surface area contributed by atoms with Crippen molar-refractivity contribution in [3.8, 4) is 23.0 Å². The number of nitrogens with one attached hydrogen (secondary N) is 1. The second kappa shape index (κ2) is 9.56. The minimum atomic E-state index is -4.66. The second-order valence-corrected chi connectivity index (χ2v) is 9.11. The third kappa shape index (κ3) is 5.56. The Morgan fingerprint density at radius 3 is 2.15 bits per heavy atom. The number of hydrogen-bond acceptors (Lipinski definition) is 7. The molecule has 0 aromatic heterocycles. The summed E-state index contributed by atoms with van der Waals surface area (Å²) in [5, 5.41) is 0. The number of ether oxygens (including phenoxy) is 4. The summed E-state index contributed by atoms with van der Waals surface area (Å²) in [7, 11) is 1.58. The Morgan fingerprint density at radius 2 is 1.61 bits per heavy atom. The highest BCUT2D eigenvalue weighted by Gasteiger charge is 2.36. The summed E-state index contributed by atoms with van der Waals surface area (Å²) in [6.07, 6.45) is -4.54. The molecule has 0 unspecified atom stereocenters. The van der Waals surface area contributed by atoms with E-state index in [0.717, 1.165) is 18.2 Å². The van der Waals surface area contributed by atoms with Crippen LogP contribution in [0.15, 0.2) is 35.2 Å². The molecule has 1 fully saturated rings. The van der Waals surface area contributed by atoms with E-state index in [0.29, 0.717) is 19.5 Å². The van der Waals surface area contributed by atoms with Crippen LogP contribution in [0.4, 0.5) is 18.9 Å². The molecule has 0 bridgehead atoms. The Hall–Kier alpha value is -2.86. The lowest BCUT2D eigenvalue weighted by atomic mass is 10.1. The lowest BCUT2D eigenvalue weighted by Crippen LogP contribution is -2.23. The van der Waals surface area contributed by atoms with Gasteiger partial charge in [-0.3, -0.25) is 4.72 Å². The van der Waals surface area contributed by atoms with Crippen molar-refractivity contribution >= 4 is 15.7 Å². The Bertz CT molecular complexity index is 1110. The van der Waals surface area contributed by atoms with Gasteiger partial charge >= 0.3 is 6.18 Å². The van der Waals surface area contributed by atoms with Crippen LogP contribution in [0, 0.1) is 0 Å². The molecule has 1 N–H and O–H groups in total. The fourth-order valence-corrected chi connectivity index (χ4v) is 4.73. The van der Waals surface area contributed by atoms with Crippen molar-refractivity contribution in [2.45, 2.75) is 23.6 Å². The molecule has 0 radical (unpaired) electrons. The molecule has 0 saturated carbocycles. The first-order valence-electron chi connectivity index (χ1n) is 9.87. The lowest BCUT2D eigenvalue weighted by molar-refractivity contribution is -0.139. The van der Waals surface area contributed by atoms with E-state index in [4.69, 9.17) is 18.9 Å². The van der Waals surface area contributed by atoms with Gasteiger partial charge in [0.15, 0.2) is 11.5 Å². The van der Waals surface area contributed by atoms with Crippen molar-refractivity contribution in [2.24, 2.45) is 0 Å². The zero-order chi connectivity index (χ0) is 24.4. The van der Waals surface area contributed by atoms with Crippen LogP contribution in [0.5, 0.6) is 23.0 Å². The minimum Gasteiger partial charge on any atom is -0.495 e. The molecular formula is C21H25F3N2O6S. The summed E-state index contributed by atoms with van der Waals surface area (Å²) in [6, 6.07) is 5.39. The summed E-state index contributed by atoms with van der Waals surface area (Å²) in [5.41, 5.74) is -1.08. The van der Waals surface area contributed by atoms with Gasteiger partial charge in [0.25, 0.3) is 10.0 Å². The Morgan fingerprint density at radius 1 is 0.970 bits per heavy atom. The zero-order valence-corrected chi connectivity index (χ0v) is 19.3. The molecule has 0 spiro atoms. The fourth-order valence-electron chi connectivity index (χ4n) is 3.51. The van der Waals surface area contributed by atoms with Crippen LogP contribution >= 0.6 is 0 Å². The number of likely N-dealkylation sites (tertiary alicyclic amines) is 1. The van der Waals surface area contributed by atoms with Crippen LogP contribution in [-0.2, 0) is 16.2 Å². The quantitative estimate of drug-likeness (QED) is 0.605. The summed E-state index contributed by atoms with van der Waals surface area (Å²) >= 11 is 0. The molecule has 1 saturated heterocycles. The molecule has 1 aliphatic heterocycles. The molecule has 8 nitrogen and oxygen atoms in total. The molecule has 1 aliphatic rings. The van der Waals surface area contributed by atoms with Crippen molar-refractivity contribution in [2.75, 3.05) is 46.2 Å². The predicted molar refractivity (Wildman–Crippen MR) is 115 cm³/mol. The number of halogens is 3. The molecule has 12 heteroatoms. The average molecular weight is 491 g/mol. The van der Waals surface area contributed by atoms with Crippen molar-refractivity contribution < 1.29 is 40.5 Å². The summed E-state index contributed by atoms with van der Waals surface area (Å²) < 4.78 is 90.1. The number of sulfonamides is 1. The first kappa shape index (κ1) is 24.8. The SMILES string of the molecule is COc1cc(OC)c(S(=O)(=O)Nc2ccc(C(F)(F)F)c(O[C@@H]3CCN(C)C3)c2)cc1OC. The van der Waals surface area contributed by atoms with Crippen LogP contribution in [0.2, 0.25) is 0 Å². The van der Waals surface area contributed by atoms with Crippen molar-refractivity contribution in [1.29, 1.82) is 0 Å². The van der Waals surface area contributed by atoms with Crippen LogP contribution in [-0.4, -0.2) is 60.9 Å².